The second-order valence-electron chi connectivity index (χ2n) is 1.66. The van der Waals surface area contributed by atoms with Crippen LogP contribution in [0.25, 0.3) is 10.7 Å². The van der Waals surface area contributed by atoms with E-state index in [9.17, 15) is 4.79 Å². The van der Waals surface area contributed by atoms with Crippen LogP contribution in [0.3, 0.4) is 0 Å². The molecule has 0 saturated heterocycles. The summed E-state index contributed by atoms with van der Waals surface area (Å²) in [6.45, 7) is 0. The molecular formula is C5H2N2O2S. The average molecular weight is 154 g/mol. The minimum atomic E-state index is -0.232. The van der Waals surface area contributed by atoms with Crippen molar-refractivity contribution in [2.75, 3.05) is 0 Å². The SMILES string of the molecule is O=c1nc2ncocc-2s1. The zero-order valence-electron chi connectivity index (χ0n) is 4.77. The highest BCUT2D eigenvalue weighted by Crippen LogP contribution is 2.16. The number of aromatic nitrogens is 2. The summed E-state index contributed by atoms with van der Waals surface area (Å²) in [6, 6.07) is 0. The number of fused-ring (bicyclic) bond motifs is 1. The first kappa shape index (κ1) is 5.55. The summed E-state index contributed by atoms with van der Waals surface area (Å²) in [5.41, 5.74) is 0. The Bertz CT molecular complexity index is 333. The Labute approximate surface area is 59.5 Å². The average Bonchev–Trinajstić information content (AvgIpc) is 2.27. The molecule has 0 aromatic heterocycles. The molecule has 5 heteroatoms. The molecule has 2 heterocycles. The lowest BCUT2D eigenvalue weighted by molar-refractivity contribution is 0.530. The summed E-state index contributed by atoms with van der Waals surface area (Å²) in [5, 5.41) is 0. The van der Waals surface area contributed by atoms with Crippen molar-refractivity contribution in [3.63, 3.8) is 0 Å². The highest BCUT2D eigenvalue weighted by molar-refractivity contribution is 7.12. The molecular weight excluding hydrogens is 152 g/mol. The van der Waals surface area contributed by atoms with Crippen LogP contribution in [0.5, 0.6) is 0 Å². The van der Waals surface area contributed by atoms with Gasteiger partial charge in [-0.1, -0.05) is 11.3 Å². The molecule has 0 spiro atoms. The van der Waals surface area contributed by atoms with Crippen LogP contribution in [0, 0.1) is 0 Å². The molecule has 50 valence electrons. The second-order valence-corrected chi connectivity index (χ2v) is 2.65. The molecule has 2 aliphatic heterocycles. The molecule has 10 heavy (non-hydrogen) atoms. The molecule has 0 N–H and O–H groups in total. The summed E-state index contributed by atoms with van der Waals surface area (Å²) in [6.07, 6.45) is 2.71. The van der Waals surface area contributed by atoms with Gasteiger partial charge < -0.3 is 4.42 Å². The van der Waals surface area contributed by atoms with Crippen molar-refractivity contribution in [3.8, 4) is 10.7 Å². The summed E-state index contributed by atoms with van der Waals surface area (Å²) < 4.78 is 4.72. The van der Waals surface area contributed by atoms with Crippen molar-refractivity contribution in [2.45, 2.75) is 0 Å². The van der Waals surface area contributed by atoms with Gasteiger partial charge in [0.05, 0.1) is 0 Å². The largest absolute Gasteiger partial charge is 0.452 e. The maximum atomic E-state index is 10.6. The lowest BCUT2D eigenvalue weighted by Gasteiger charge is -1.86. The number of hydrogen-bond acceptors (Lipinski definition) is 5. The maximum absolute atomic E-state index is 10.6. The van der Waals surface area contributed by atoms with Crippen LogP contribution in [-0.4, -0.2) is 9.97 Å². The number of hydrogen-bond donors (Lipinski definition) is 0. The van der Waals surface area contributed by atoms with Gasteiger partial charge in [-0.2, -0.15) is 9.97 Å². The van der Waals surface area contributed by atoms with Crippen LogP contribution < -0.4 is 4.87 Å². The van der Waals surface area contributed by atoms with Crippen molar-refractivity contribution >= 4 is 11.3 Å². The third kappa shape index (κ3) is 0.714. The topological polar surface area (TPSA) is 56.0 Å². The van der Waals surface area contributed by atoms with E-state index in [1.807, 2.05) is 0 Å². The van der Waals surface area contributed by atoms with E-state index in [1.165, 1.54) is 12.7 Å². The maximum Gasteiger partial charge on any atom is 0.329 e. The highest BCUT2D eigenvalue weighted by atomic mass is 32.1. The fourth-order valence-corrected chi connectivity index (χ4v) is 1.26. The molecule has 0 aliphatic carbocycles. The number of nitrogens with zero attached hydrogens (tertiary/aromatic N) is 2. The summed E-state index contributed by atoms with van der Waals surface area (Å²) >= 11 is 1.03. The molecule has 4 nitrogen and oxygen atoms in total. The van der Waals surface area contributed by atoms with Gasteiger partial charge in [0.1, 0.15) is 11.1 Å². The highest BCUT2D eigenvalue weighted by Gasteiger charge is 2.07. The minimum absolute atomic E-state index is 0.232. The van der Waals surface area contributed by atoms with E-state index < -0.39 is 0 Å². The molecule has 0 amide bonds. The van der Waals surface area contributed by atoms with E-state index in [-0.39, 0.29) is 4.87 Å². The number of thiazole rings is 1. The molecule has 2 rings (SSSR count). The van der Waals surface area contributed by atoms with Gasteiger partial charge in [-0.3, -0.25) is 4.79 Å². The van der Waals surface area contributed by atoms with Gasteiger partial charge in [0.15, 0.2) is 12.2 Å². The summed E-state index contributed by atoms with van der Waals surface area (Å²) in [5.74, 6) is 0.459. The second kappa shape index (κ2) is 1.88. The first-order valence-electron chi connectivity index (χ1n) is 2.55. The van der Waals surface area contributed by atoms with E-state index in [4.69, 9.17) is 4.42 Å². The van der Waals surface area contributed by atoms with Gasteiger partial charge in [0.25, 0.3) is 0 Å². The van der Waals surface area contributed by atoms with Crippen LogP contribution >= 0.6 is 11.3 Å². The monoisotopic (exact) mass is 154 g/mol. The molecule has 0 fully saturated rings. The van der Waals surface area contributed by atoms with Crippen LogP contribution in [0.1, 0.15) is 0 Å². The Balaban J connectivity index is 2.88. The Morgan fingerprint density at radius 1 is 1.60 bits per heavy atom. The molecule has 0 aromatic carbocycles. The zero-order valence-corrected chi connectivity index (χ0v) is 5.59. The molecule has 0 unspecified atom stereocenters. The lowest BCUT2D eigenvalue weighted by atomic mass is 10.5. The zero-order chi connectivity index (χ0) is 6.97. The van der Waals surface area contributed by atoms with Crippen molar-refractivity contribution < 1.29 is 4.42 Å². The molecule has 0 saturated carbocycles. The van der Waals surface area contributed by atoms with E-state index >= 15 is 0 Å². The third-order valence-electron chi connectivity index (χ3n) is 1.03. The smallest absolute Gasteiger partial charge is 0.329 e. The number of rotatable bonds is 0. The fourth-order valence-electron chi connectivity index (χ4n) is 0.646. The predicted molar refractivity (Wildman–Crippen MR) is 35.1 cm³/mol. The van der Waals surface area contributed by atoms with Gasteiger partial charge in [-0.15, -0.1) is 0 Å². The molecule has 0 aromatic rings. The molecule has 0 atom stereocenters. The van der Waals surface area contributed by atoms with Gasteiger partial charge in [-0.25, -0.2) is 0 Å². The van der Waals surface area contributed by atoms with Gasteiger partial charge in [0, 0.05) is 0 Å². The van der Waals surface area contributed by atoms with E-state index in [2.05, 4.69) is 9.97 Å². The lowest BCUT2D eigenvalue weighted by Crippen LogP contribution is -1.91. The van der Waals surface area contributed by atoms with Crippen molar-refractivity contribution in [3.05, 3.63) is 22.3 Å². The molecule has 0 radical (unpaired) electrons. The van der Waals surface area contributed by atoms with Crippen molar-refractivity contribution in [1.29, 1.82) is 0 Å². The van der Waals surface area contributed by atoms with E-state index in [1.54, 1.807) is 0 Å². The minimum Gasteiger partial charge on any atom is -0.452 e. The Kier molecular flexibility index (Phi) is 1.04. The van der Waals surface area contributed by atoms with Crippen LogP contribution in [-0.2, 0) is 0 Å². The van der Waals surface area contributed by atoms with Gasteiger partial charge >= 0.3 is 4.87 Å². The Morgan fingerprint density at radius 2 is 2.50 bits per heavy atom. The standard InChI is InChI=1S/C5H2N2O2S/c8-5-7-4-3(10-5)1-9-2-6-4/h1-2H. The molecule has 2 aliphatic rings. The molecule has 0 bridgehead atoms. The first-order chi connectivity index (χ1) is 4.86. The van der Waals surface area contributed by atoms with Crippen molar-refractivity contribution in [1.82, 2.24) is 9.97 Å². The quantitative estimate of drug-likeness (QED) is 0.557. The van der Waals surface area contributed by atoms with Crippen molar-refractivity contribution in [2.24, 2.45) is 0 Å². The Morgan fingerprint density at radius 3 is 3.30 bits per heavy atom. The van der Waals surface area contributed by atoms with Gasteiger partial charge in [-0.05, 0) is 0 Å². The third-order valence-corrected chi connectivity index (χ3v) is 1.79. The normalized spacial score (nSPS) is 10.4. The van der Waals surface area contributed by atoms with E-state index in [0.29, 0.717) is 10.7 Å². The van der Waals surface area contributed by atoms with Crippen LogP contribution in [0.4, 0.5) is 0 Å². The first-order valence-corrected chi connectivity index (χ1v) is 3.37. The van der Waals surface area contributed by atoms with Crippen LogP contribution in [0.2, 0.25) is 0 Å². The summed E-state index contributed by atoms with van der Waals surface area (Å²) in [4.78, 5) is 18.4. The Hall–Kier alpha value is -1.23. The van der Waals surface area contributed by atoms with E-state index in [0.717, 1.165) is 11.3 Å². The fraction of sp³-hybridized carbons (Fsp3) is 0. The van der Waals surface area contributed by atoms with Crippen LogP contribution in [0.15, 0.2) is 21.9 Å². The predicted octanol–water partition coefficient (Wildman–Crippen LogP) is 0.596. The summed E-state index contributed by atoms with van der Waals surface area (Å²) in [7, 11) is 0. The van der Waals surface area contributed by atoms with Gasteiger partial charge in [0.2, 0.25) is 0 Å².